The number of nitrogens with one attached hydrogen (secondary N) is 1. The van der Waals surface area contributed by atoms with E-state index in [0.29, 0.717) is 18.1 Å². The number of ether oxygens (including phenoxy) is 2. The summed E-state index contributed by atoms with van der Waals surface area (Å²) in [7, 11) is 0. The highest BCUT2D eigenvalue weighted by atomic mass is 32.2. The molecule has 0 amide bonds. The molecule has 0 bridgehead atoms. The van der Waals surface area contributed by atoms with Gasteiger partial charge in [0.2, 0.25) is 0 Å². The number of hydrogen-bond acceptors (Lipinski definition) is 5. The maximum atomic E-state index is 11.5. The number of carbonyl (C=O) groups is 1. The molecule has 0 spiro atoms. The molecule has 1 rings (SSSR count). The Kier molecular flexibility index (Phi) is 6.38. The van der Waals surface area contributed by atoms with Crippen molar-refractivity contribution in [1.29, 1.82) is 5.41 Å². The maximum absolute atomic E-state index is 11.5. The van der Waals surface area contributed by atoms with Gasteiger partial charge in [0.25, 0.3) is 0 Å². The Bertz CT molecular complexity index is 498. The zero-order chi connectivity index (χ0) is 15.0. The predicted octanol–water partition coefficient (Wildman–Crippen LogP) is 0.932. The van der Waals surface area contributed by atoms with Crippen molar-refractivity contribution < 1.29 is 14.3 Å². The summed E-state index contributed by atoms with van der Waals surface area (Å²) in [6.45, 7) is 2.46. The Balaban J connectivity index is 2.42. The van der Waals surface area contributed by atoms with Crippen molar-refractivity contribution in [3.8, 4) is 11.5 Å². The minimum Gasteiger partial charge on any atom is -0.494 e. The first-order valence-electron chi connectivity index (χ1n) is 5.75. The first-order valence-corrected chi connectivity index (χ1v) is 6.74. The van der Waals surface area contributed by atoms with Crippen molar-refractivity contribution in [3.63, 3.8) is 0 Å². The average Bonchev–Trinajstić information content (AvgIpc) is 2.38. The zero-order valence-corrected chi connectivity index (χ0v) is 11.8. The number of thioether (sulfide) groups is 1. The molecule has 0 aliphatic heterocycles. The minimum absolute atomic E-state index is 0.0528. The van der Waals surface area contributed by atoms with Crippen LogP contribution in [0.4, 0.5) is 0 Å². The fourth-order valence-electron chi connectivity index (χ4n) is 1.21. The number of nitrogens with zero attached hydrogens (tertiary/aromatic N) is 1. The molecule has 1 aromatic carbocycles. The molecule has 0 saturated carbocycles. The van der Waals surface area contributed by atoms with Crippen LogP contribution < -0.4 is 20.9 Å². The highest BCUT2D eigenvalue weighted by molar-refractivity contribution is 8.14. The quantitative estimate of drug-likeness (QED) is 0.321. The van der Waals surface area contributed by atoms with Crippen LogP contribution in [0.15, 0.2) is 29.3 Å². The molecule has 0 saturated heterocycles. The summed E-state index contributed by atoms with van der Waals surface area (Å²) in [4.78, 5) is 15.0. The first-order chi connectivity index (χ1) is 9.51. The predicted molar refractivity (Wildman–Crippen MR) is 79.2 cm³/mol. The van der Waals surface area contributed by atoms with Crippen LogP contribution in [0.1, 0.15) is 6.92 Å². The van der Waals surface area contributed by atoms with E-state index in [0.717, 1.165) is 11.8 Å². The van der Waals surface area contributed by atoms with Crippen molar-refractivity contribution in [1.82, 2.24) is 0 Å². The smallest absolute Gasteiger partial charge is 0.321 e. The normalized spacial score (nSPS) is 9.65. The summed E-state index contributed by atoms with van der Waals surface area (Å²) < 4.78 is 10.4. The number of carbonyl (C=O) groups excluding carboxylic acids is 1. The fourth-order valence-corrected chi connectivity index (χ4v) is 1.69. The van der Waals surface area contributed by atoms with Gasteiger partial charge in [0.1, 0.15) is 11.5 Å². The maximum Gasteiger partial charge on any atom is 0.321 e. The molecule has 0 unspecified atom stereocenters. The van der Waals surface area contributed by atoms with Crippen molar-refractivity contribution in [2.75, 3.05) is 12.4 Å². The van der Waals surface area contributed by atoms with Crippen LogP contribution in [-0.4, -0.2) is 29.5 Å². The number of benzene rings is 1. The molecule has 0 aliphatic carbocycles. The minimum atomic E-state index is -0.491. The molecule has 0 radical (unpaired) electrons. The molecule has 0 aromatic heterocycles. The Labute approximate surface area is 120 Å². The van der Waals surface area contributed by atoms with Gasteiger partial charge in [0.15, 0.2) is 11.1 Å². The number of rotatable bonds is 5. The Hall–Kier alpha value is -2.22. The van der Waals surface area contributed by atoms with Gasteiger partial charge in [-0.25, -0.2) is 0 Å². The molecule has 8 heteroatoms. The second-order valence-electron chi connectivity index (χ2n) is 3.51. The summed E-state index contributed by atoms with van der Waals surface area (Å²) in [5.41, 5.74) is 10.2. The van der Waals surface area contributed by atoms with Crippen molar-refractivity contribution >= 4 is 28.9 Å². The van der Waals surface area contributed by atoms with E-state index in [1.54, 1.807) is 24.3 Å². The van der Waals surface area contributed by atoms with E-state index in [1.807, 2.05) is 6.92 Å². The topological polar surface area (TPSA) is 124 Å². The van der Waals surface area contributed by atoms with Crippen LogP contribution >= 0.6 is 11.8 Å². The molecular weight excluding hydrogens is 280 g/mol. The van der Waals surface area contributed by atoms with Gasteiger partial charge in [0, 0.05) is 0 Å². The Morgan fingerprint density at radius 2 is 1.90 bits per heavy atom. The third kappa shape index (κ3) is 6.10. The van der Waals surface area contributed by atoms with Crippen LogP contribution in [-0.2, 0) is 4.79 Å². The number of aliphatic imine (C=N–C) groups is 1. The molecule has 0 atom stereocenters. The number of hydrogen-bond donors (Lipinski definition) is 3. The largest absolute Gasteiger partial charge is 0.494 e. The van der Waals surface area contributed by atoms with Crippen LogP contribution in [0.2, 0.25) is 0 Å². The van der Waals surface area contributed by atoms with E-state index in [-0.39, 0.29) is 16.9 Å². The lowest BCUT2D eigenvalue weighted by Crippen LogP contribution is -2.23. The number of amidine groups is 1. The SMILES string of the molecule is CCOc1ccc(OC(=O)CSC(=N)N=C(N)N)cc1. The number of nitrogens with two attached hydrogens (primary N) is 2. The zero-order valence-electron chi connectivity index (χ0n) is 11.0. The second-order valence-corrected chi connectivity index (χ2v) is 4.47. The van der Waals surface area contributed by atoms with Gasteiger partial charge in [-0.05, 0) is 31.2 Å². The molecule has 1 aromatic rings. The van der Waals surface area contributed by atoms with Crippen LogP contribution in [0.5, 0.6) is 11.5 Å². The van der Waals surface area contributed by atoms with E-state index >= 15 is 0 Å². The Morgan fingerprint density at radius 3 is 2.45 bits per heavy atom. The van der Waals surface area contributed by atoms with Gasteiger partial charge in [-0.3, -0.25) is 10.2 Å². The van der Waals surface area contributed by atoms with E-state index < -0.39 is 5.97 Å². The lowest BCUT2D eigenvalue weighted by atomic mass is 10.3. The van der Waals surface area contributed by atoms with Gasteiger partial charge < -0.3 is 20.9 Å². The summed E-state index contributed by atoms with van der Waals surface area (Å²) in [6, 6.07) is 6.69. The van der Waals surface area contributed by atoms with Crippen molar-refractivity contribution in [3.05, 3.63) is 24.3 Å². The summed E-state index contributed by atoms with van der Waals surface area (Å²) >= 11 is 0.880. The van der Waals surface area contributed by atoms with E-state index in [1.165, 1.54) is 0 Å². The van der Waals surface area contributed by atoms with Crippen molar-refractivity contribution in [2.24, 2.45) is 16.5 Å². The first kappa shape index (κ1) is 15.8. The molecule has 0 heterocycles. The van der Waals surface area contributed by atoms with Gasteiger partial charge in [-0.1, -0.05) is 11.8 Å². The Morgan fingerprint density at radius 1 is 1.30 bits per heavy atom. The van der Waals surface area contributed by atoms with Gasteiger partial charge in [-0.2, -0.15) is 4.99 Å². The standard InChI is InChI=1S/C12H16N4O3S/c1-2-18-8-3-5-9(6-4-8)19-10(17)7-20-12(15)16-11(13)14/h3-6H,2,7H2,1H3,(H5,13,14,15,16). The molecule has 108 valence electrons. The summed E-state index contributed by atoms with van der Waals surface area (Å²) in [5, 5.41) is 7.21. The molecule has 0 aliphatic rings. The molecule has 5 N–H and O–H groups in total. The van der Waals surface area contributed by atoms with E-state index in [4.69, 9.17) is 26.4 Å². The van der Waals surface area contributed by atoms with E-state index in [2.05, 4.69) is 4.99 Å². The third-order valence-corrected chi connectivity index (χ3v) is 2.67. The third-order valence-electron chi connectivity index (χ3n) is 1.92. The van der Waals surface area contributed by atoms with Crippen LogP contribution in [0, 0.1) is 5.41 Å². The fraction of sp³-hybridized carbons (Fsp3) is 0.250. The van der Waals surface area contributed by atoms with Gasteiger partial charge in [-0.15, -0.1) is 0 Å². The van der Waals surface area contributed by atoms with E-state index in [9.17, 15) is 4.79 Å². The monoisotopic (exact) mass is 296 g/mol. The number of esters is 1. The molecular formula is C12H16N4O3S. The highest BCUT2D eigenvalue weighted by Gasteiger charge is 2.07. The lowest BCUT2D eigenvalue weighted by Gasteiger charge is -2.06. The molecule has 0 fully saturated rings. The second kappa shape index (κ2) is 8.05. The van der Waals surface area contributed by atoms with Crippen LogP contribution in [0.3, 0.4) is 0 Å². The average molecular weight is 296 g/mol. The van der Waals surface area contributed by atoms with Crippen molar-refractivity contribution in [2.45, 2.75) is 6.92 Å². The van der Waals surface area contributed by atoms with Crippen LogP contribution in [0.25, 0.3) is 0 Å². The summed E-state index contributed by atoms with van der Waals surface area (Å²) in [6.07, 6.45) is 0. The molecule has 7 nitrogen and oxygen atoms in total. The van der Waals surface area contributed by atoms with Gasteiger partial charge in [0.05, 0.1) is 12.4 Å². The summed E-state index contributed by atoms with van der Waals surface area (Å²) in [5.74, 6) is 0.351. The van der Waals surface area contributed by atoms with Gasteiger partial charge >= 0.3 is 5.97 Å². The lowest BCUT2D eigenvalue weighted by molar-refractivity contribution is -0.131. The molecule has 20 heavy (non-hydrogen) atoms. The number of guanidine groups is 1. The highest BCUT2D eigenvalue weighted by Crippen LogP contribution is 2.18.